The Hall–Kier alpha value is -3.14. The number of halogens is 1. The Bertz CT molecular complexity index is 831. The Morgan fingerprint density at radius 2 is 2.00 bits per heavy atom. The van der Waals surface area contributed by atoms with Crippen LogP contribution in [0.15, 0.2) is 36.5 Å². The number of hydrogen-bond acceptors (Lipinski definition) is 5. The van der Waals surface area contributed by atoms with Crippen molar-refractivity contribution in [2.75, 3.05) is 0 Å². The summed E-state index contributed by atoms with van der Waals surface area (Å²) in [5.41, 5.74) is 2.25. The van der Waals surface area contributed by atoms with Crippen molar-refractivity contribution in [3.05, 3.63) is 53.7 Å². The third kappa shape index (κ3) is 2.34. The number of aryl methyl sites for hydroxylation is 1. The van der Waals surface area contributed by atoms with Crippen LogP contribution in [0.5, 0.6) is 0 Å². The van der Waals surface area contributed by atoms with E-state index in [-0.39, 0.29) is 5.82 Å². The molecular weight excluding hydrogens is 271 g/mol. The molecule has 0 unspecified atom stereocenters. The van der Waals surface area contributed by atoms with E-state index in [1.54, 1.807) is 25.1 Å². The number of tetrazole rings is 1. The van der Waals surface area contributed by atoms with Gasteiger partial charge in [-0.1, -0.05) is 0 Å². The van der Waals surface area contributed by atoms with Gasteiger partial charge in [0.2, 0.25) is 0 Å². The van der Waals surface area contributed by atoms with Crippen LogP contribution in [0.4, 0.5) is 4.39 Å². The lowest BCUT2D eigenvalue weighted by molar-refractivity contribution is 0.628. The van der Waals surface area contributed by atoms with Crippen molar-refractivity contribution < 1.29 is 4.39 Å². The second-order valence-electron chi connectivity index (χ2n) is 4.34. The number of nitriles is 1. The van der Waals surface area contributed by atoms with Crippen molar-refractivity contribution in [3.8, 4) is 23.0 Å². The highest BCUT2D eigenvalue weighted by Gasteiger charge is 2.12. The fraction of sp³-hybridized carbons (Fsp3) is 0.0714. The quantitative estimate of drug-likeness (QED) is 0.717. The van der Waals surface area contributed by atoms with Gasteiger partial charge in [0.25, 0.3) is 0 Å². The second-order valence-corrected chi connectivity index (χ2v) is 4.34. The smallest absolute Gasteiger partial charge is 0.153 e. The average molecular weight is 280 g/mol. The molecule has 0 aliphatic carbocycles. The molecule has 1 aromatic carbocycles. The first-order valence-corrected chi connectivity index (χ1v) is 6.10. The van der Waals surface area contributed by atoms with Gasteiger partial charge in [0.05, 0.1) is 16.9 Å². The maximum absolute atomic E-state index is 13.0. The Morgan fingerprint density at radius 1 is 1.24 bits per heavy atom. The van der Waals surface area contributed by atoms with E-state index >= 15 is 0 Å². The van der Waals surface area contributed by atoms with Gasteiger partial charge >= 0.3 is 0 Å². The van der Waals surface area contributed by atoms with Crippen molar-refractivity contribution in [1.82, 2.24) is 25.2 Å². The van der Waals surface area contributed by atoms with Gasteiger partial charge in [-0.3, -0.25) is 4.98 Å². The van der Waals surface area contributed by atoms with Crippen LogP contribution in [0.1, 0.15) is 11.4 Å². The molecule has 102 valence electrons. The Morgan fingerprint density at radius 3 is 2.62 bits per heavy atom. The number of pyridine rings is 1. The summed E-state index contributed by atoms with van der Waals surface area (Å²) < 4.78 is 14.4. The van der Waals surface area contributed by atoms with E-state index < -0.39 is 0 Å². The van der Waals surface area contributed by atoms with Crippen molar-refractivity contribution in [2.45, 2.75) is 6.92 Å². The molecular formula is C14H9FN6. The van der Waals surface area contributed by atoms with Crippen LogP contribution in [0.25, 0.3) is 16.9 Å². The lowest BCUT2D eigenvalue weighted by Crippen LogP contribution is -2.03. The zero-order chi connectivity index (χ0) is 14.8. The molecule has 0 aliphatic heterocycles. The van der Waals surface area contributed by atoms with Gasteiger partial charge in [0, 0.05) is 11.8 Å². The van der Waals surface area contributed by atoms with Gasteiger partial charge in [0.15, 0.2) is 5.82 Å². The average Bonchev–Trinajstić information content (AvgIpc) is 2.93. The first-order valence-electron chi connectivity index (χ1n) is 6.10. The lowest BCUT2D eigenvalue weighted by Gasteiger charge is -2.07. The summed E-state index contributed by atoms with van der Waals surface area (Å²) in [6.45, 7) is 1.74. The van der Waals surface area contributed by atoms with Gasteiger partial charge in [0.1, 0.15) is 11.9 Å². The molecule has 0 saturated carbocycles. The zero-order valence-corrected chi connectivity index (χ0v) is 11.0. The summed E-state index contributed by atoms with van der Waals surface area (Å²) >= 11 is 0. The predicted octanol–water partition coefficient (Wildman–Crippen LogP) is 2.04. The molecule has 0 fully saturated rings. The summed E-state index contributed by atoms with van der Waals surface area (Å²) in [6.07, 6.45) is 1.45. The van der Waals surface area contributed by atoms with E-state index in [1.807, 2.05) is 0 Å². The molecule has 21 heavy (non-hydrogen) atoms. The molecule has 0 amide bonds. The van der Waals surface area contributed by atoms with E-state index in [1.165, 1.54) is 23.0 Å². The molecule has 3 rings (SSSR count). The first kappa shape index (κ1) is 12.9. The van der Waals surface area contributed by atoms with Gasteiger partial charge in [-0.2, -0.15) is 9.94 Å². The van der Waals surface area contributed by atoms with E-state index in [0.717, 1.165) is 5.56 Å². The minimum Gasteiger partial charge on any atom is -0.255 e. The van der Waals surface area contributed by atoms with E-state index in [2.05, 4.69) is 26.6 Å². The van der Waals surface area contributed by atoms with Crippen LogP contribution in [-0.2, 0) is 0 Å². The van der Waals surface area contributed by atoms with E-state index in [0.29, 0.717) is 22.8 Å². The maximum Gasteiger partial charge on any atom is 0.153 e. The molecule has 7 heteroatoms. The summed E-state index contributed by atoms with van der Waals surface area (Å²) in [5, 5.41) is 20.4. The highest BCUT2D eigenvalue weighted by atomic mass is 19.1. The number of rotatable bonds is 2. The maximum atomic E-state index is 13.0. The SMILES string of the molecule is Cc1nnnn1-c1cc(-c2ccc(F)cc2)ncc1C#N. The van der Waals surface area contributed by atoms with Gasteiger partial charge in [-0.05, 0) is 47.7 Å². The zero-order valence-electron chi connectivity index (χ0n) is 11.0. The minimum absolute atomic E-state index is 0.316. The molecule has 0 atom stereocenters. The van der Waals surface area contributed by atoms with Crippen molar-refractivity contribution in [3.63, 3.8) is 0 Å². The van der Waals surface area contributed by atoms with Gasteiger partial charge in [-0.25, -0.2) is 4.39 Å². The molecule has 2 aromatic heterocycles. The van der Waals surface area contributed by atoms with Gasteiger partial charge in [-0.15, -0.1) is 5.10 Å². The van der Waals surface area contributed by atoms with Crippen LogP contribution in [0.2, 0.25) is 0 Å². The number of nitrogens with zero attached hydrogens (tertiary/aromatic N) is 6. The monoisotopic (exact) mass is 280 g/mol. The number of benzene rings is 1. The molecule has 6 nitrogen and oxygen atoms in total. The highest BCUT2D eigenvalue weighted by Crippen LogP contribution is 2.22. The van der Waals surface area contributed by atoms with Crippen LogP contribution in [0.3, 0.4) is 0 Å². The molecule has 0 bridgehead atoms. The van der Waals surface area contributed by atoms with Crippen LogP contribution in [0, 0.1) is 24.1 Å². The van der Waals surface area contributed by atoms with E-state index in [9.17, 15) is 9.65 Å². The molecule has 0 radical (unpaired) electrons. The van der Waals surface area contributed by atoms with Crippen molar-refractivity contribution in [1.29, 1.82) is 5.26 Å². The standard InChI is InChI=1S/C14H9FN6/c1-9-18-19-20-21(9)14-6-13(17-8-11(14)7-16)10-2-4-12(15)5-3-10/h2-6,8H,1H3. The van der Waals surface area contributed by atoms with Crippen LogP contribution in [-0.4, -0.2) is 25.2 Å². The summed E-state index contributed by atoms with van der Waals surface area (Å²) in [4.78, 5) is 4.22. The van der Waals surface area contributed by atoms with Crippen LogP contribution >= 0.6 is 0 Å². The normalized spacial score (nSPS) is 10.3. The number of aromatic nitrogens is 5. The third-order valence-corrected chi connectivity index (χ3v) is 3.00. The molecule has 0 spiro atoms. The Balaban J connectivity index is 2.16. The second kappa shape index (κ2) is 5.09. The Labute approximate surface area is 119 Å². The molecule has 0 N–H and O–H groups in total. The summed E-state index contributed by atoms with van der Waals surface area (Å²) in [6, 6.07) is 9.73. The lowest BCUT2D eigenvalue weighted by atomic mass is 10.1. The minimum atomic E-state index is -0.316. The van der Waals surface area contributed by atoms with Crippen molar-refractivity contribution in [2.24, 2.45) is 0 Å². The van der Waals surface area contributed by atoms with Crippen molar-refractivity contribution >= 4 is 0 Å². The molecule has 0 saturated heterocycles. The Kier molecular flexibility index (Phi) is 3.12. The molecule has 0 aliphatic rings. The third-order valence-electron chi connectivity index (χ3n) is 3.00. The summed E-state index contributed by atoms with van der Waals surface area (Å²) in [5.74, 6) is 0.242. The largest absolute Gasteiger partial charge is 0.255 e. The van der Waals surface area contributed by atoms with Crippen LogP contribution < -0.4 is 0 Å². The van der Waals surface area contributed by atoms with Gasteiger partial charge < -0.3 is 0 Å². The topological polar surface area (TPSA) is 80.3 Å². The predicted molar refractivity (Wildman–Crippen MR) is 71.8 cm³/mol. The fourth-order valence-corrected chi connectivity index (χ4v) is 1.94. The first-order chi connectivity index (χ1) is 10.2. The highest BCUT2D eigenvalue weighted by molar-refractivity contribution is 5.64. The number of hydrogen-bond donors (Lipinski definition) is 0. The summed E-state index contributed by atoms with van der Waals surface area (Å²) in [7, 11) is 0. The molecule has 2 heterocycles. The fourth-order valence-electron chi connectivity index (χ4n) is 1.94. The van der Waals surface area contributed by atoms with E-state index in [4.69, 9.17) is 0 Å². The molecule has 3 aromatic rings.